The average molecular weight is 308 g/mol. The van der Waals surface area contributed by atoms with Gasteiger partial charge in [0.1, 0.15) is 5.75 Å². The molecule has 0 fully saturated rings. The Labute approximate surface area is 133 Å². The molecule has 0 aliphatic heterocycles. The highest BCUT2D eigenvalue weighted by atomic mass is 16.5. The van der Waals surface area contributed by atoms with Crippen LogP contribution in [0.1, 0.15) is 39.7 Å². The van der Waals surface area contributed by atoms with Crippen LogP contribution in [0.4, 0.5) is 5.69 Å². The van der Waals surface area contributed by atoms with Crippen molar-refractivity contribution in [1.82, 2.24) is 5.32 Å². The lowest BCUT2D eigenvalue weighted by molar-refractivity contribution is -0.136. The maximum atomic E-state index is 10.7. The zero-order valence-electron chi connectivity index (χ0n) is 14.2. The monoisotopic (exact) mass is 308 g/mol. The third-order valence-electron chi connectivity index (χ3n) is 3.17. The number of benzene rings is 1. The number of ether oxygens (including phenoxy) is 1. The van der Waals surface area contributed by atoms with E-state index < -0.39 is 5.97 Å². The standard InChI is InChI=1S/C17H28N2O3/c1-12(2)18-11-14-6-7-15(16(10-14)22-13(3)4)19(5)9-8-17(20)21/h6-7,10,12-13,18H,8-9,11H2,1-5H3,(H,20,21). The van der Waals surface area contributed by atoms with E-state index >= 15 is 0 Å². The number of nitrogens with zero attached hydrogens (tertiary/aromatic N) is 1. The average Bonchev–Trinajstić information content (AvgIpc) is 2.42. The van der Waals surface area contributed by atoms with Crippen LogP contribution in [0.2, 0.25) is 0 Å². The van der Waals surface area contributed by atoms with Crippen molar-refractivity contribution in [3.63, 3.8) is 0 Å². The van der Waals surface area contributed by atoms with Gasteiger partial charge in [0.15, 0.2) is 0 Å². The largest absolute Gasteiger partial charge is 0.489 e. The summed E-state index contributed by atoms with van der Waals surface area (Å²) in [5.41, 5.74) is 2.07. The molecule has 0 aliphatic carbocycles. The fraction of sp³-hybridized carbons (Fsp3) is 0.588. The van der Waals surface area contributed by atoms with Crippen LogP contribution < -0.4 is 15.0 Å². The van der Waals surface area contributed by atoms with Crippen molar-refractivity contribution in [3.8, 4) is 5.75 Å². The fourth-order valence-corrected chi connectivity index (χ4v) is 2.04. The van der Waals surface area contributed by atoms with E-state index in [1.807, 2.05) is 37.9 Å². The third kappa shape index (κ3) is 6.35. The molecule has 0 unspecified atom stereocenters. The van der Waals surface area contributed by atoms with Crippen molar-refractivity contribution in [2.75, 3.05) is 18.5 Å². The molecule has 0 saturated heterocycles. The molecule has 0 atom stereocenters. The van der Waals surface area contributed by atoms with E-state index in [2.05, 4.69) is 25.2 Å². The Morgan fingerprint density at radius 1 is 1.32 bits per heavy atom. The van der Waals surface area contributed by atoms with Crippen molar-refractivity contribution >= 4 is 11.7 Å². The lowest BCUT2D eigenvalue weighted by Gasteiger charge is -2.24. The normalized spacial score (nSPS) is 11.0. The van der Waals surface area contributed by atoms with Crippen LogP contribution in [0.15, 0.2) is 18.2 Å². The van der Waals surface area contributed by atoms with Crippen LogP contribution in [-0.2, 0) is 11.3 Å². The summed E-state index contributed by atoms with van der Waals surface area (Å²) >= 11 is 0. The lowest BCUT2D eigenvalue weighted by Crippen LogP contribution is -2.23. The first-order valence-corrected chi connectivity index (χ1v) is 7.75. The molecule has 1 aromatic rings. The summed E-state index contributed by atoms with van der Waals surface area (Å²) in [7, 11) is 1.89. The number of carbonyl (C=O) groups is 1. The van der Waals surface area contributed by atoms with Crippen molar-refractivity contribution < 1.29 is 14.6 Å². The Hall–Kier alpha value is -1.75. The van der Waals surface area contributed by atoms with Gasteiger partial charge in [0.05, 0.1) is 18.2 Å². The summed E-state index contributed by atoms with van der Waals surface area (Å²) in [5.74, 6) is 0.00174. The number of carboxylic acid groups (broad SMARTS) is 1. The SMILES string of the molecule is CC(C)NCc1ccc(N(C)CCC(=O)O)c(OC(C)C)c1. The molecule has 5 nitrogen and oxygen atoms in total. The van der Waals surface area contributed by atoms with Gasteiger partial charge in [-0.3, -0.25) is 4.79 Å². The summed E-state index contributed by atoms with van der Waals surface area (Å²) in [6.45, 7) is 9.43. The minimum Gasteiger partial charge on any atom is -0.489 e. The van der Waals surface area contributed by atoms with Gasteiger partial charge in [-0.15, -0.1) is 0 Å². The molecule has 0 aliphatic rings. The summed E-state index contributed by atoms with van der Waals surface area (Å²) in [6.07, 6.45) is 0.175. The molecule has 0 bridgehead atoms. The maximum Gasteiger partial charge on any atom is 0.305 e. The zero-order valence-corrected chi connectivity index (χ0v) is 14.2. The van der Waals surface area contributed by atoms with E-state index in [0.717, 1.165) is 23.5 Å². The maximum absolute atomic E-state index is 10.7. The van der Waals surface area contributed by atoms with Crippen molar-refractivity contribution in [2.45, 2.75) is 52.8 Å². The Bertz CT molecular complexity index is 487. The Morgan fingerprint density at radius 2 is 2.00 bits per heavy atom. The second kappa shape index (κ2) is 8.63. The Kier molecular flexibility index (Phi) is 7.18. The number of carboxylic acids is 1. The first-order chi connectivity index (χ1) is 10.3. The van der Waals surface area contributed by atoms with Gasteiger partial charge in [0.25, 0.3) is 0 Å². The Morgan fingerprint density at radius 3 is 2.55 bits per heavy atom. The van der Waals surface area contributed by atoms with Gasteiger partial charge in [-0.1, -0.05) is 19.9 Å². The molecule has 124 valence electrons. The van der Waals surface area contributed by atoms with E-state index in [1.54, 1.807) is 0 Å². The second-order valence-electron chi connectivity index (χ2n) is 6.07. The van der Waals surface area contributed by atoms with Crippen LogP contribution >= 0.6 is 0 Å². The Balaban J connectivity index is 2.92. The quantitative estimate of drug-likeness (QED) is 0.734. The number of rotatable bonds is 9. The fourth-order valence-electron chi connectivity index (χ4n) is 2.04. The zero-order chi connectivity index (χ0) is 16.7. The minimum absolute atomic E-state index is 0.0694. The van der Waals surface area contributed by atoms with Gasteiger partial charge >= 0.3 is 5.97 Å². The van der Waals surface area contributed by atoms with Gasteiger partial charge in [0.2, 0.25) is 0 Å². The molecule has 0 spiro atoms. The van der Waals surface area contributed by atoms with E-state index in [1.165, 1.54) is 0 Å². The smallest absolute Gasteiger partial charge is 0.305 e. The van der Waals surface area contributed by atoms with E-state index in [-0.39, 0.29) is 12.5 Å². The minimum atomic E-state index is -0.795. The molecule has 1 aromatic carbocycles. The number of hydrogen-bond acceptors (Lipinski definition) is 4. The van der Waals surface area contributed by atoms with Gasteiger partial charge < -0.3 is 20.1 Å². The van der Waals surface area contributed by atoms with Gasteiger partial charge in [0, 0.05) is 26.2 Å². The number of aliphatic carboxylic acids is 1. The van der Waals surface area contributed by atoms with Crippen LogP contribution in [0.5, 0.6) is 5.75 Å². The van der Waals surface area contributed by atoms with E-state index in [9.17, 15) is 4.79 Å². The first-order valence-electron chi connectivity index (χ1n) is 7.75. The molecule has 0 saturated carbocycles. The molecule has 5 heteroatoms. The van der Waals surface area contributed by atoms with Crippen LogP contribution in [0.3, 0.4) is 0 Å². The van der Waals surface area contributed by atoms with Crippen LogP contribution in [0, 0.1) is 0 Å². The predicted octanol–water partition coefficient (Wildman–Crippen LogP) is 2.88. The van der Waals surface area contributed by atoms with Crippen LogP contribution in [0.25, 0.3) is 0 Å². The molecule has 0 amide bonds. The second-order valence-corrected chi connectivity index (χ2v) is 6.07. The highest BCUT2D eigenvalue weighted by molar-refractivity contribution is 5.68. The predicted molar refractivity (Wildman–Crippen MR) is 89.7 cm³/mol. The molecule has 0 aromatic heterocycles. The molecule has 1 rings (SSSR count). The number of anilines is 1. The molecular formula is C17H28N2O3. The van der Waals surface area contributed by atoms with E-state index in [4.69, 9.17) is 9.84 Å². The topological polar surface area (TPSA) is 61.8 Å². The first kappa shape index (κ1) is 18.3. The summed E-state index contributed by atoms with van der Waals surface area (Å²) in [4.78, 5) is 12.7. The molecule has 0 heterocycles. The van der Waals surface area contributed by atoms with Gasteiger partial charge in [-0.05, 0) is 31.5 Å². The highest BCUT2D eigenvalue weighted by Gasteiger charge is 2.12. The number of hydrogen-bond donors (Lipinski definition) is 2. The number of nitrogens with one attached hydrogen (secondary N) is 1. The summed E-state index contributed by atoms with van der Waals surface area (Å²) in [5, 5.41) is 12.2. The van der Waals surface area contributed by atoms with Gasteiger partial charge in [-0.25, -0.2) is 0 Å². The third-order valence-corrected chi connectivity index (χ3v) is 3.17. The van der Waals surface area contributed by atoms with E-state index in [0.29, 0.717) is 12.6 Å². The molecule has 0 radical (unpaired) electrons. The lowest BCUT2D eigenvalue weighted by atomic mass is 10.1. The van der Waals surface area contributed by atoms with Crippen molar-refractivity contribution in [3.05, 3.63) is 23.8 Å². The van der Waals surface area contributed by atoms with Crippen molar-refractivity contribution in [1.29, 1.82) is 0 Å². The highest BCUT2D eigenvalue weighted by Crippen LogP contribution is 2.30. The van der Waals surface area contributed by atoms with Gasteiger partial charge in [-0.2, -0.15) is 0 Å². The molecule has 2 N–H and O–H groups in total. The molecule has 22 heavy (non-hydrogen) atoms. The summed E-state index contributed by atoms with van der Waals surface area (Å²) < 4.78 is 5.90. The summed E-state index contributed by atoms with van der Waals surface area (Å²) in [6, 6.07) is 6.50. The molecular weight excluding hydrogens is 280 g/mol. The van der Waals surface area contributed by atoms with Crippen LogP contribution in [-0.4, -0.2) is 36.8 Å². The van der Waals surface area contributed by atoms with Crippen molar-refractivity contribution in [2.24, 2.45) is 0 Å².